The Hall–Kier alpha value is -5.47. The molecule has 3 aromatic rings. The number of hydrogen-bond acceptors (Lipinski definition) is 11. The predicted molar refractivity (Wildman–Crippen MR) is 172 cm³/mol. The van der Waals surface area contributed by atoms with Crippen molar-refractivity contribution in [3.63, 3.8) is 0 Å². The summed E-state index contributed by atoms with van der Waals surface area (Å²) in [4.78, 5) is 95.1. The third kappa shape index (κ3) is 8.42. The van der Waals surface area contributed by atoms with E-state index >= 15 is 0 Å². The van der Waals surface area contributed by atoms with Gasteiger partial charge in [-0.2, -0.15) is 0 Å². The number of fused-ring (bicyclic) bond motifs is 2. The molecular weight excluding hydrogens is 610 g/mol. The van der Waals surface area contributed by atoms with Crippen LogP contribution >= 0.6 is 0 Å². The van der Waals surface area contributed by atoms with Crippen LogP contribution in [-0.4, -0.2) is 87.2 Å². The average molecular weight is 648 g/mol. The van der Waals surface area contributed by atoms with E-state index in [4.69, 9.17) is 9.47 Å². The van der Waals surface area contributed by atoms with Crippen LogP contribution in [0.4, 0.5) is 11.6 Å². The lowest BCUT2D eigenvalue weighted by Gasteiger charge is -2.25. The third-order valence-corrected chi connectivity index (χ3v) is 6.36. The Bertz CT molecular complexity index is 1830. The number of anilines is 1. The molecule has 2 N–H and O–H groups in total. The molecule has 1 aliphatic rings. The third-order valence-electron chi connectivity index (χ3n) is 6.36. The lowest BCUT2D eigenvalue weighted by molar-refractivity contribution is -0.158. The number of amides is 3. The molecular formula is C32H37N7O8. The summed E-state index contributed by atoms with van der Waals surface area (Å²) in [5, 5.41) is 2.61. The normalized spacial score (nSPS) is 13.9. The van der Waals surface area contributed by atoms with Crippen molar-refractivity contribution in [2.45, 2.75) is 71.6 Å². The van der Waals surface area contributed by atoms with Gasteiger partial charge in [-0.15, -0.1) is 0 Å². The Kier molecular flexibility index (Phi) is 9.59. The van der Waals surface area contributed by atoms with Crippen molar-refractivity contribution in [2.24, 2.45) is 4.99 Å². The molecule has 0 aliphatic carbocycles. The number of aliphatic imine (C=N–C) groups is 1. The summed E-state index contributed by atoms with van der Waals surface area (Å²) < 4.78 is 10.8. The molecule has 0 unspecified atom stereocenters. The van der Waals surface area contributed by atoms with Crippen LogP contribution in [0.3, 0.4) is 0 Å². The molecule has 0 saturated heterocycles. The van der Waals surface area contributed by atoms with E-state index < -0.39 is 52.5 Å². The van der Waals surface area contributed by atoms with Gasteiger partial charge in [0.25, 0.3) is 23.3 Å². The van der Waals surface area contributed by atoms with Gasteiger partial charge in [0.05, 0.1) is 23.1 Å². The van der Waals surface area contributed by atoms with E-state index in [0.29, 0.717) is 0 Å². The van der Waals surface area contributed by atoms with E-state index in [0.717, 1.165) is 4.90 Å². The first-order valence-corrected chi connectivity index (χ1v) is 14.7. The number of rotatable bonds is 9. The Morgan fingerprint density at radius 3 is 2.21 bits per heavy atom. The molecule has 0 bridgehead atoms. The molecule has 0 fully saturated rings. The van der Waals surface area contributed by atoms with Gasteiger partial charge in [0.1, 0.15) is 22.9 Å². The van der Waals surface area contributed by atoms with Crippen LogP contribution in [0.15, 0.2) is 40.1 Å². The van der Waals surface area contributed by atoms with E-state index in [2.05, 4.69) is 25.3 Å². The standard InChI is InChI=1S/C32H37N7O8/c1-31(2,3)46-22(40)14-13-20(29(45)47-32(4,5)6)34-25(41)17-9-11-18(12-10-17)39-27(43)19-15-21-24(36-23(19)28(39)44)26(42)37-30(35-21)33-16-38(7)8/h9-12,15-16,20H,13-14H2,1-8H3,(H,34,41)(H,35,37,42)/b33-16+/t20-/m1/s1. The molecule has 3 amide bonds. The highest BCUT2D eigenvalue weighted by Crippen LogP contribution is 2.29. The zero-order chi connectivity index (χ0) is 34.8. The topological polar surface area (TPSA) is 193 Å². The van der Waals surface area contributed by atoms with Crippen LogP contribution in [0, 0.1) is 0 Å². The number of pyridine rings is 1. The number of imide groups is 1. The number of esters is 2. The molecule has 0 saturated carbocycles. The maximum absolute atomic E-state index is 13.3. The molecule has 248 valence electrons. The van der Waals surface area contributed by atoms with Gasteiger partial charge in [-0.1, -0.05) is 0 Å². The van der Waals surface area contributed by atoms with Gasteiger partial charge in [0.2, 0.25) is 5.95 Å². The molecule has 15 heteroatoms. The lowest BCUT2D eigenvalue weighted by atomic mass is 10.1. The minimum atomic E-state index is -1.16. The van der Waals surface area contributed by atoms with Crippen LogP contribution in [0.1, 0.15) is 85.6 Å². The molecule has 2 aromatic heterocycles. The fourth-order valence-electron chi connectivity index (χ4n) is 4.45. The molecule has 4 rings (SSSR count). The zero-order valence-electron chi connectivity index (χ0n) is 27.5. The molecule has 1 aliphatic heterocycles. The van der Waals surface area contributed by atoms with E-state index in [9.17, 15) is 28.8 Å². The van der Waals surface area contributed by atoms with E-state index in [1.165, 1.54) is 36.7 Å². The predicted octanol–water partition coefficient (Wildman–Crippen LogP) is 2.90. The minimum Gasteiger partial charge on any atom is -0.460 e. The van der Waals surface area contributed by atoms with E-state index in [1.807, 2.05) is 0 Å². The first-order chi connectivity index (χ1) is 21.8. The highest BCUT2D eigenvalue weighted by molar-refractivity contribution is 6.34. The van der Waals surface area contributed by atoms with Crippen molar-refractivity contribution < 1.29 is 33.4 Å². The van der Waals surface area contributed by atoms with Gasteiger partial charge < -0.3 is 19.7 Å². The minimum absolute atomic E-state index is 0.000748. The van der Waals surface area contributed by atoms with Gasteiger partial charge in [-0.05, 0) is 78.3 Å². The Morgan fingerprint density at radius 2 is 1.62 bits per heavy atom. The first kappa shape index (κ1) is 34.4. The number of H-pyrrole nitrogens is 1. The van der Waals surface area contributed by atoms with Crippen LogP contribution < -0.4 is 15.8 Å². The van der Waals surface area contributed by atoms with Crippen LogP contribution in [0.25, 0.3) is 11.0 Å². The maximum Gasteiger partial charge on any atom is 0.329 e. The summed E-state index contributed by atoms with van der Waals surface area (Å²) in [5.41, 5.74) is -2.24. The largest absolute Gasteiger partial charge is 0.460 e. The number of carbonyl (C=O) groups excluding carboxylic acids is 5. The second-order valence-electron chi connectivity index (χ2n) is 13.0. The first-order valence-electron chi connectivity index (χ1n) is 14.7. The fourth-order valence-corrected chi connectivity index (χ4v) is 4.45. The molecule has 1 aromatic carbocycles. The molecule has 0 spiro atoms. The van der Waals surface area contributed by atoms with Crippen molar-refractivity contribution >= 4 is 58.7 Å². The number of ether oxygens (including phenoxy) is 2. The quantitative estimate of drug-likeness (QED) is 0.150. The van der Waals surface area contributed by atoms with Crippen LogP contribution in [0.2, 0.25) is 0 Å². The summed E-state index contributed by atoms with van der Waals surface area (Å²) in [7, 11) is 3.48. The zero-order valence-corrected chi connectivity index (χ0v) is 27.5. The molecule has 15 nitrogen and oxygen atoms in total. The molecule has 3 heterocycles. The summed E-state index contributed by atoms with van der Waals surface area (Å²) in [5.74, 6) is -3.35. The summed E-state index contributed by atoms with van der Waals surface area (Å²) >= 11 is 0. The molecule has 0 radical (unpaired) electrons. The van der Waals surface area contributed by atoms with Crippen molar-refractivity contribution in [3.8, 4) is 0 Å². The van der Waals surface area contributed by atoms with Crippen molar-refractivity contribution in [3.05, 3.63) is 57.5 Å². The summed E-state index contributed by atoms with van der Waals surface area (Å²) in [6, 6.07) is 5.68. The highest BCUT2D eigenvalue weighted by Gasteiger charge is 2.39. The summed E-state index contributed by atoms with van der Waals surface area (Å²) in [6.07, 6.45) is 1.23. The van der Waals surface area contributed by atoms with Crippen molar-refractivity contribution in [1.82, 2.24) is 25.2 Å². The average Bonchev–Trinajstić information content (AvgIpc) is 3.19. The monoisotopic (exact) mass is 647 g/mol. The van der Waals surface area contributed by atoms with Gasteiger partial charge in [0.15, 0.2) is 5.52 Å². The highest BCUT2D eigenvalue weighted by atomic mass is 16.6. The second kappa shape index (κ2) is 13.1. The van der Waals surface area contributed by atoms with Gasteiger partial charge in [0, 0.05) is 26.1 Å². The van der Waals surface area contributed by atoms with Crippen molar-refractivity contribution in [1.29, 1.82) is 0 Å². The van der Waals surface area contributed by atoms with E-state index in [1.54, 1.807) is 60.5 Å². The van der Waals surface area contributed by atoms with Gasteiger partial charge >= 0.3 is 11.9 Å². The number of nitrogens with one attached hydrogen (secondary N) is 2. The second-order valence-corrected chi connectivity index (χ2v) is 13.0. The number of aromatic amines is 1. The van der Waals surface area contributed by atoms with Crippen molar-refractivity contribution in [2.75, 3.05) is 19.0 Å². The number of hydrogen-bond donors (Lipinski definition) is 2. The number of nitrogens with zero attached hydrogens (tertiary/aromatic N) is 5. The Balaban J connectivity index is 1.54. The maximum atomic E-state index is 13.3. The van der Waals surface area contributed by atoms with Crippen LogP contribution in [0.5, 0.6) is 0 Å². The Morgan fingerprint density at radius 1 is 0.979 bits per heavy atom. The van der Waals surface area contributed by atoms with Crippen LogP contribution in [-0.2, 0) is 19.1 Å². The fraction of sp³-hybridized carbons (Fsp3) is 0.406. The lowest BCUT2D eigenvalue weighted by Crippen LogP contribution is -2.44. The smallest absolute Gasteiger partial charge is 0.329 e. The van der Waals surface area contributed by atoms with E-state index in [-0.39, 0.29) is 52.3 Å². The van der Waals surface area contributed by atoms with Gasteiger partial charge in [-0.25, -0.2) is 24.7 Å². The molecule has 1 atom stereocenters. The number of benzene rings is 1. The SMILES string of the molecule is CN(C)/C=N/c1nc2cc3c(nc2c(=O)[nH]1)C(=O)N(c1ccc(C(=O)N[C@H](CCC(=O)OC(C)(C)C)C(=O)OC(C)(C)C)cc1)C3=O. The number of aromatic nitrogens is 3. The molecule has 47 heavy (non-hydrogen) atoms. The Labute approximate surface area is 270 Å². The van der Waals surface area contributed by atoms with Gasteiger partial charge in [-0.3, -0.25) is 29.0 Å². The summed E-state index contributed by atoms with van der Waals surface area (Å²) in [6.45, 7) is 10.2. The number of carbonyl (C=O) groups is 5.